The lowest BCUT2D eigenvalue weighted by molar-refractivity contribution is -0.127. The lowest BCUT2D eigenvalue weighted by Gasteiger charge is -2.17. The van der Waals surface area contributed by atoms with Crippen LogP contribution in [-0.4, -0.2) is 50.6 Å². The average Bonchev–Trinajstić information content (AvgIpc) is 3.21. The highest BCUT2D eigenvalue weighted by Crippen LogP contribution is 2.15. The fourth-order valence-corrected chi connectivity index (χ4v) is 3.12. The molecule has 3 rings (SSSR count). The molecule has 7 nitrogen and oxygen atoms in total. The highest BCUT2D eigenvalue weighted by Gasteiger charge is 2.30. The summed E-state index contributed by atoms with van der Waals surface area (Å²) in [5, 5.41) is 11.0. The van der Waals surface area contributed by atoms with Gasteiger partial charge in [0.25, 0.3) is 0 Å². The second-order valence-electron chi connectivity index (χ2n) is 6.14. The minimum absolute atomic E-state index is 0.0665. The summed E-state index contributed by atoms with van der Waals surface area (Å²) in [5.41, 5.74) is 1.10. The van der Waals surface area contributed by atoms with Gasteiger partial charge in [-0.15, -0.1) is 10.2 Å². The lowest BCUT2D eigenvalue weighted by Crippen LogP contribution is -2.37. The Labute approximate surface area is 151 Å². The summed E-state index contributed by atoms with van der Waals surface area (Å²) in [5.74, 6) is 0.00864. The van der Waals surface area contributed by atoms with Crippen molar-refractivity contribution in [2.75, 3.05) is 13.1 Å². The van der Waals surface area contributed by atoms with Crippen molar-refractivity contribution >= 4 is 23.4 Å². The van der Waals surface area contributed by atoms with Gasteiger partial charge in [0.05, 0.1) is 6.04 Å². The molecule has 0 spiro atoms. The summed E-state index contributed by atoms with van der Waals surface area (Å²) in [6.07, 6.45) is 4.59. The molecule has 1 fully saturated rings. The van der Waals surface area contributed by atoms with E-state index in [4.69, 9.17) is 11.6 Å². The predicted octanol–water partition coefficient (Wildman–Crippen LogP) is 1.28. The highest BCUT2D eigenvalue weighted by molar-refractivity contribution is 6.30. The maximum Gasteiger partial charge on any atom is 0.224 e. The molecule has 2 heterocycles. The third-order valence-electron chi connectivity index (χ3n) is 4.20. The van der Waals surface area contributed by atoms with E-state index in [2.05, 4.69) is 15.5 Å². The van der Waals surface area contributed by atoms with E-state index < -0.39 is 0 Å². The molecule has 0 aliphatic carbocycles. The van der Waals surface area contributed by atoms with Crippen LogP contribution in [0, 0.1) is 0 Å². The first kappa shape index (κ1) is 17.4. The fraction of sp³-hybridized carbons (Fsp3) is 0.412. The number of amides is 2. The Bertz CT molecular complexity index is 734. The van der Waals surface area contributed by atoms with Gasteiger partial charge in [-0.05, 0) is 24.1 Å². The van der Waals surface area contributed by atoms with Crippen LogP contribution < -0.4 is 5.32 Å². The number of likely N-dealkylation sites (tertiary alicyclic amines) is 1. The van der Waals surface area contributed by atoms with Crippen molar-refractivity contribution in [1.82, 2.24) is 25.0 Å². The molecule has 1 aliphatic heterocycles. The molecule has 2 amide bonds. The molecule has 0 saturated carbocycles. The molecule has 0 radical (unpaired) electrons. The minimum Gasteiger partial charge on any atom is -0.351 e. The van der Waals surface area contributed by atoms with Crippen LogP contribution in [0.3, 0.4) is 0 Å². The Kier molecular flexibility index (Phi) is 5.65. The van der Waals surface area contributed by atoms with E-state index in [-0.39, 0.29) is 17.9 Å². The van der Waals surface area contributed by atoms with Crippen molar-refractivity contribution in [2.45, 2.75) is 31.8 Å². The van der Waals surface area contributed by atoms with Crippen molar-refractivity contribution in [1.29, 1.82) is 0 Å². The maximum atomic E-state index is 12.1. The number of rotatable bonds is 7. The molecule has 1 aromatic carbocycles. The second kappa shape index (κ2) is 8.11. The maximum absolute atomic E-state index is 12.1. The Morgan fingerprint density at radius 3 is 2.84 bits per heavy atom. The van der Waals surface area contributed by atoms with Gasteiger partial charge in [0.1, 0.15) is 12.7 Å². The molecule has 25 heavy (non-hydrogen) atoms. The smallest absolute Gasteiger partial charge is 0.224 e. The number of aromatic nitrogens is 3. The highest BCUT2D eigenvalue weighted by atomic mass is 35.5. The molecule has 1 aromatic heterocycles. The SMILES string of the molecule is O=C(CCn1cnnc1)NC1CC(=O)N(CCc2cccc(Cl)c2)C1. The number of benzene rings is 1. The summed E-state index contributed by atoms with van der Waals surface area (Å²) in [6.45, 7) is 1.71. The molecular weight excluding hydrogens is 342 g/mol. The summed E-state index contributed by atoms with van der Waals surface area (Å²) in [7, 11) is 0. The lowest BCUT2D eigenvalue weighted by atomic mass is 10.1. The average molecular weight is 362 g/mol. The van der Waals surface area contributed by atoms with E-state index in [9.17, 15) is 9.59 Å². The van der Waals surface area contributed by atoms with Gasteiger partial charge in [0.15, 0.2) is 0 Å². The van der Waals surface area contributed by atoms with E-state index in [1.807, 2.05) is 24.3 Å². The summed E-state index contributed by atoms with van der Waals surface area (Å²) in [4.78, 5) is 25.9. The quantitative estimate of drug-likeness (QED) is 0.805. The number of hydrogen-bond donors (Lipinski definition) is 1. The standard InChI is InChI=1S/C17H20ClN5O2/c18-14-3-1-2-13(8-14)4-7-23-10-15(9-17(23)25)21-16(24)5-6-22-11-19-20-12-22/h1-3,8,11-12,15H,4-7,9-10H2,(H,21,24). The zero-order chi connectivity index (χ0) is 17.6. The van der Waals surface area contributed by atoms with E-state index in [1.165, 1.54) is 0 Å². The predicted molar refractivity (Wildman–Crippen MR) is 92.9 cm³/mol. The van der Waals surface area contributed by atoms with Gasteiger partial charge in [0.2, 0.25) is 11.8 Å². The first-order valence-corrected chi connectivity index (χ1v) is 8.62. The Morgan fingerprint density at radius 1 is 1.28 bits per heavy atom. The molecule has 2 aromatic rings. The van der Waals surface area contributed by atoms with Crippen LogP contribution in [0.2, 0.25) is 5.02 Å². The van der Waals surface area contributed by atoms with Crippen LogP contribution in [0.4, 0.5) is 0 Å². The Morgan fingerprint density at radius 2 is 2.08 bits per heavy atom. The van der Waals surface area contributed by atoms with Crippen LogP contribution >= 0.6 is 11.6 Å². The summed E-state index contributed by atoms with van der Waals surface area (Å²) in [6, 6.07) is 7.52. The van der Waals surface area contributed by atoms with Crippen LogP contribution in [-0.2, 0) is 22.6 Å². The molecule has 132 valence electrons. The van der Waals surface area contributed by atoms with Gasteiger partial charge >= 0.3 is 0 Å². The van der Waals surface area contributed by atoms with Crippen molar-refractivity contribution in [3.05, 3.63) is 47.5 Å². The number of nitrogens with zero attached hydrogens (tertiary/aromatic N) is 4. The third-order valence-corrected chi connectivity index (χ3v) is 4.44. The van der Waals surface area contributed by atoms with E-state index in [0.29, 0.717) is 37.5 Å². The first-order valence-electron chi connectivity index (χ1n) is 8.24. The number of carbonyl (C=O) groups excluding carboxylic acids is 2. The zero-order valence-corrected chi connectivity index (χ0v) is 14.5. The molecule has 8 heteroatoms. The third kappa shape index (κ3) is 5.03. The van der Waals surface area contributed by atoms with Crippen LogP contribution in [0.15, 0.2) is 36.9 Å². The normalized spacial score (nSPS) is 17.1. The topological polar surface area (TPSA) is 80.1 Å². The molecule has 0 bridgehead atoms. The van der Waals surface area contributed by atoms with Gasteiger partial charge in [-0.3, -0.25) is 9.59 Å². The fourth-order valence-electron chi connectivity index (χ4n) is 2.91. The van der Waals surface area contributed by atoms with Gasteiger partial charge in [-0.25, -0.2) is 0 Å². The van der Waals surface area contributed by atoms with Crippen molar-refractivity contribution in [2.24, 2.45) is 0 Å². The van der Waals surface area contributed by atoms with Gasteiger partial charge in [0, 0.05) is 37.5 Å². The first-order chi connectivity index (χ1) is 12.1. The van der Waals surface area contributed by atoms with Crippen LogP contribution in [0.5, 0.6) is 0 Å². The van der Waals surface area contributed by atoms with Crippen molar-refractivity contribution in [3.8, 4) is 0 Å². The zero-order valence-electron chi connectivity index (χ0n) is 13.8. The number of carbonyl (C=O) groups is 2. The molecule has 1 unspecified atom stereocenters. The molecule has 1 aliphatic rings. The van der Waals surface area contributed by atoms with Crippen molar-refractivity contribution in [3.63, 3.8) is 0 Å². The minimum atomic E-state index is -0.125. The summed E-state index contributed by atoms with van der Waals surface area (Å²) >= 11 is 5.98. The Hall–Kier alpha value is -2.41. The molecular formula is C17H20ClN5O2. The monoisotopic (exact) mass is 361 g/mol. The number of hydrogen-bond acceptors (Lipinski definition) is 4. The van der Waals surface area contributed by atoms with Gasteiger partial charge in [-0.2, -0.15) is 0 Å². The second-order valence-corrected chi connectivity index (χ2v) is 6.57. The Balaban J connectivity index is 1.43. The number of halogens is 1. The number of nitrogens with one attached hydrogen (secondary N) is 1. The van der Waals surface area contributed by atoms with E-state index >= 15 is 0 Å². The molecule has 1 saturated heterocycles. The van der Waals surface area contributed by atoms with Gasteiger partial charge in [-0.1, -0.05) is 23.7 Å². The van der Waals surface area contributed by atoms with Gasteiger partial charge < -0.3 is 14.8 Å². The molecule has 1 N–H and O–H groups in total. The van der Waals surface area contributed by atoms with E-state index in [1.54, 1.807) is 22.1 Å². The summed E-state index contributed by atoms with van der Waals surface area (Å²) < 4.78 is 1.75. The largest absolute Gasteiger partial charge is 0.351 e. The number of aryl methyl sites for hydroxylation is 1. The van der Waals surface area contributed by atoms with Crippen LogP contribution in [0.1, 0.15) is 18.4 Å². The van der Waals surface area contributed by atoms with Crippen LogP contribution in [0.25, 0.3) is 0 Å². The van der Waals surface area contributed by atoms with E-state index in [0.717, 1.165) is 12.0 Å². The van der Waals surface area contributed by atoms with Crippen molar-refractivity contribution < 1.29 is 9.59 Å². The molecule has 1 atom stereocenters.